The summed E-state index contributed by atoms with van der Waals surface area (Å²) in [6, 6.07) is 18.0. The second-order valence-electron chi connectivity index (χ2n) is 7.66. The summed E-state index contributed by atoms with van der Waals surface area (Å²) in [4.78, 5) is 15.0. The molecule has 5 rings (SSSR count). The first-order chi connectivity index (χ1) is 14.6. The van der Waals surface area contributed by atoms with Crippen molar-refractivity contribution in [3.05, 3.63) is 100 Å². The lowest BCUT2D eigenvalue weighted by molar-refractivity contribution is 0.0872. The lowest BCUT2D eigenvalue weighted by Crippen LogP contribution is -2.31. The average Bonchev–Trinajstić information content (AvgIpc) is 3.06. The third-order valence-corrected chi connectivity index (χ3v) is 5.34. The van der Waals surface area contributed by atoms with Gasteiger partial charge in [0.15, 0.2) is 5.76 Å². The third kappa shape index (κ3) is 3.48. The number of ketones is 1. The Kier molecular flexibility index (Phi) is 4.60. The maximum Gasteiger partial charge on any atom is 0.231 e. The minimum Gasteiger partial charge on any atom is -0.478 e. The number of allylic oxidation sites excluding steroid dienone is 1. The van der Waals surface area contributed by atoms with Gasteiger partial charge >= 0.3 is 0 Å². The monoisotopic (exact) mass is 401 g/mol. The highest BCUT2D eigenvalue weighted by molar-refractivity contribution is 6.15. The predicted molar refractivity (Wildman–Crippen MR) is 112 cm³/mol. The quantitative estimate of drug-likeness (QED) is 0.572. The third-order valence-electron chi connectivity index (χ3n) is 5.34. The second-order valence-corrected chi connectivity index (χ2v) is 7.66. The second kappa shape index (κ2) is 7.43. The Morgan fingerprint density at radius 2 is 1.93 bits per heavy atom. The topological polar surface area (TPSA) is 38.8 Å². The molecule has 4 nitrogen and oxygen atoms in total. The smallest absolute Gasteiger partial charge is 0.231 e. The van der Waals surface area contributed by atoms with E-state index in [4.69, 9.17) is 9.47 Å². The first kappa shape index (κ1) is 18.6. The number of Topliss-reactive ketones (excluding diaryl/α,β-unsaturated/α-hetero) is 1. The van der Waals surface area contributed by atoms with Crippen LogP contribution >= 0.6 is 0 Å². The van der Waals surface area contributed by atoms with Crippen molar-refractivity contribution in [1.82, 2.24) is 4.90 Å². The Bertz CT molecular complexity index is 1170. The highest BCUT2D eigenvalue weighted by Gasteiger charge is 2.33. The summed E-state index contributed by atoms with van der Waals surface area (Å²) < 4.78 is 25.1. The Morgan fingerprint density at radius 3 is 2.73 bits per heavy atom. The molecule has 2 heterocycles. The zero-order valence-corrected chi connectivity index (χ0v) is 16.5. The minimum atomic E-state index is -0.253. The number of rotatable bonds is 3. The van der Waals surface area contributed by atoms with Crippen LogP contribution in [0.3, 0.4) is 0 Å². The highest BCUT2D eigenvalue weighted by atomic mass is 19.1. The number of aryl methyl sites for hydroxylation is 1. The number of benzene rings is 3. The van der Waals surface area contributed by atoms with E-state index in [-0.39, 0.29) is 11.6 Å². The molecule has 5 heteroatoms. The number of carbonyl (C=O) groups excluding carboxylic acids is 1. The Labute approximate surface area is 174 Å². The molecule has 0 saturated heterocycles. The Balaban J connectivity index is 1.42. The van der Waals surface area contributed by atoms with Crippen molar-refractivity contribution >= 4 is 11.9 Å². The van der Waals surface area contributed by atoms with Crippen molar-refractivity contribution in [3.63, 3.8) is 0 Å². The van der Waals surface area contributed by atoms with E-state index in [2.05, 4.69) is 4.90 Å². The molecule has 0 bridgehead atoms. The van der Waals surface area contributed by atoms with Crippen LogP contribution < -0.4 is 9.47 Å². The lowest BCUT2D eigenvalue weighted by Gasteiger charge is -2.29. The van der Waals surface area contributed by atoms with Gasteiger partial charge in [0.25, 0.3) is 0 Å². The zero-order chi connectivity index (χ0) is 20.7. The predicted octanol–water partition coefficient (Wildman–Crippen LogP) is 5.10. The summed E-state index contributed by atoms with van der Waals surface area (Å²) in [5, 5.41) is 0. The number of fused-ring (bicyclic) bond motifs is 3. The fourth-order valence-electron chi connectivity index (χ4n) is 3.87. The molecular weight excluding hydrogens is 381 g/mol. The van der Waals surface area contributed by atoms with Gasteiger partial charge < -0.3 is 9.47 Å². The minimum absolute atomic E-state index is 0.120. The molecule has 2 aliphatic rings. The standard InChI is InChI=1S/C25H20FNO3/c1-16-3-2-4-18(11-16)12-23-24(28)20-9-10-22-21(25(20)30-23)14-27(15-29-22)13-17-5-7-19(26)8-6-17/h2-12H,13-15H2,1H3/b23-12-. The molecule has 0 aromatic heterocycles. The molecule has 0 aliphatic carbocycles. The van der Waals surface area contributed by atoms with Crippen LogP contribution in [-0.2, 0) is 13.1 Å². The van der Waals surface area contributed by atoms with Crippen LogP contribution in [0, 0.1) is 12.7 Å². The van der Waals surface area contributed by atoms with Crippen LogP contribution in [0.1, 0.15) is 32.6 Å². The highest BCUT2D eigenvalue weighted by Crippen LogP contribution is 2.42. The van der Waals surface area contributed by atoms with Gasteiger partial charge in [-0.1, -0.05) is 42.0 Å². The molecule has 2 aliphatic heterocycles. The van der Waals surface area contributed by atoms with Gasteiger partial charge in [-0.05, 0) is 48.4 Å². The largest absolute Gasteiger partial charge is 0.478 e. The summed E-state index contributed by atoms with van der Waals surface area (Å²) in [6.07, 6.45) is 1.78. The molecule has 0 amide bonds. The van der Waals surface area contributed by atoms with E-state index in [1.165, 1.54) is 12.1 Å². The number of halogens is 1. The lowest BCUT2D eigenvalue weighted by atomic mass is 10.0. The number of hydrogen-bond acceptors (Lipinski definition) is 4. The van der Waals surface area contributed by atoms with Gasteiger partial charge in [0.05, 0.1) is 11.1 Å². The van der Waals surface area contributed by atoms with E-state index >= 15 is 0 Å². The molecule has 0 saturated carbocycles. The summed E-state index contributed by atoms with van der Waals surface area (Å²) in [7, 11) is 0. The van der Waals surface area contributed by atoms with E-state index in [1.807, 2.05) is 37.3 Å². The van der Waals surface area contributed by atoms with Crippen LogP contribution in [-0.4, -0.2) is 17.4 Å². The number of ether oxygens (including phenoxy) is 2. The number of hydrogen-bond donors (Lipinski definition) is 0. The maximum atomic E-state index is 13.2. The fourth-order valence-corrected chi connectivity index (χ4v) is 3.87. The van der Waals surface area contributed by atoms with Crippen molar-refractivity contribution in [2.75, 3.05) is 6.73 Å². The van der Waals surface area contributed by atoms with Gasteiger partial charge in [-0.25, -0.2) is 4.39 Å². The zero-order valence-electron chi connectivity index (χ0n) is 16.5. The van der Waals surface area contributed by atoms with E-state index in [0.717, 1.165) is 28.0 Å². The number of carbonyl (C=O) groups is 1. The first-order valence-corrected chi connectivity index (χ1v) is 9.83. The molecule has 150 valence electrons. The fraction of sp³-hybridized carbons (Fsp3) is 0.160. The van der Waals surface area contributed by atoms with Crippen LogP contribution in [0.5, 0.6) is 11.5 Å². The summed E-state index contributed by atoms with van der Waals surface area (Å²) in [5.74, 6) is 1.25. The Morgan fingerprint density at radius 1 is 1.10 bits per heavy atom. The van der Waals surface area contributed by atoms with Gasteiger partial charge in [0.2, 0.25) is 5.78 Å². The SMILES string of the molecule is Cc1cccc(/C=C2\Oc3c(ccc4c3CN(Cc3ccc(F)cc3)CO4)C2=O)c1. The van der Waals surface area contributed by atoms with E-state index in [9.17, 15) is 9.18 Å². The van der Waals surface area contributed by atoms with Crippen molar-refractivity contribution in [2.24, 2.45) is 0 Å². The number of nitrogens with zero attached hydrogens (tertiary/aromatic N) is 1. The normalized spacial score (nSPS) is 16.7. The van der Waals surface area contributed by atoms with Gasteiger partial charge in [-0.15, -0.1) is 0 Å². The molecule has 0 fully saturated rings. The van der Waals surface area contributed by atoms with Crippen molar-refractivity contribution in [2.45, 2.75) is 20.0 Å². The van der Waals surface area contributed by atoms with E-state index < -0.39 is 0 Å². The molecule has 3 aromatic carbocycles. The van der Waals surface area contributed by atoms with Crippen molar-refractivity contribution < 1.29 is 18.7 Å². The van der Waals surface area contributed by atoms with Gasteiger partial charge in [-0.2, -0.15) is 0 Å². The van der Waals surface area contributed by atoms with Crippen LogP contribution in [0.15, 0.2) is 66.4 Å². The molecule has 0 radical (unpaired) electrons. The van der Waals surface area contributed by atoms with E-state index in [1.54, 1.807) is 24.3 Å². The molecule has 3 aromatic rings. The first-order valence-electron chi connectivity index (χ1n) is 9.83. The average molecular weight is 401 g/mol. The molecule has 0 unspecified atom stereocenters. The molecule has 30 heavy (non-hydrogen) atoms. The Hall–Kier alpha value is -3.44. The van der Waals surface area contributed by atoms with Gasteiger partial charge in [0.1, 0.15) is 24.0 Å². The molecule has 0 atom stereocenters. The van der Waals surface area contributed by atoms with Crippen LogP contribution in [0.4, 0.5) is 4.39 Å². The molecule has 0 N–H and O–H groups in total. The van der Waals surface area contributed by atoms with Crippen molar-refractivity contribution in [1.29, 1.82) is 0 Å². The van der Waals surface area contributed by atoms with Crippen molar-refractivity contribution in [3.8, 4) is 11.5 Å². The van der Waals surface area contributed by atoms with Gasteiger partial charge in [-0.3, -0.25) is 9.69 Å². The molecular formula is C25H20FNO3. The molecule has 0 spiro atoms. The maximum absolute atomic E-state index is 13.2. The summed E-state index contributed by atoms with van der Waals surface area (Å²) >= 11 is 0. The van der Waals surface area contributed by atoms with E-state index in [0.29, 0.717) is 36.9 Å². The summed E-state index contributed by atoms with van der Waals surface area (Å²) in [5.41, 5.74) is 4.46. The van der Waals surface area contributed by atoms with Crippen LogP contribution in [0.2, 0.25) is 0 Å². The van der Waals surface area contributed by atoms with Gasteiger partial charge in [0, 0.05) is 13.1 Å². The summed E-state index contributed by atoms with van der Waals surface area (Å²) in [6.45, 7) is 3.63. The van der Waals surface area contributed by atoms with Crippen LogP contribution in [0.25, 0.3) is 6.08 Å².